The van der Waals surface area contributed by atoms with Crippen molar-refractivity contribution in [3.63, 3.8) is 0 Å². The van der Waals surface area contributed by atoms with Gasteiger partial charge in [0.2, 0.25) is 5.91 Å². The average molecular weight is 264 g/mol. The lowest BCUT2D eigenvalue weighted by Gasteiger charge is -2.23. The Kier molecular flexibility index (Phi) is 6.53. The number of aryl methyl sites for hydroxylation is 1. The topological polar surface area (TPSA) is 43.8 Å². The number of aliphatic hydroxyl groups excluding tert-OH is 1. The molecule has 19 heavy (non-hydrogen) atoms. The highest BCUT2D eigenvalue weighted by atomic mass is 16.3. The molecule has 0 unspecified atom stereocenters. The first-order valence-electron chi connectivity index (χ1n) is 6.69. The van der Waals surface area contributed by atoms with E-state index < -0.39 is 0 Å². The second kappa shape index (κ2) is 7.92. The van der Waals surface area contributed by atoms with E-state index in [0.29, 0.717) is 19.6 Å². The molecular formula is C15H24N2O2. The molecule has 4 nitrogen and oxygen atoms in total. The molecule has 0 aliphatic heterocycles. The van der Waals surface area contributed by atoms with Crippen molar-refractivity contribution in [1.29, 1.82) is 0 Å². The summed E-state index contributed by atoms with van der Waals surface area (Å²) in [6, 6.07) is 8.20. The van der Waals surface area contributed by atoms with Crippen molar-refractivity contribution >= 4 is 5.91 Å². The van der Waals surface area contributed by atoms with Crippen molar-refractivity contribution in [2.45, 2.75) is 20.4 Å². The van der Waals surface area contributed by atoms with Crippen LogP contribution in [0.4, 0.5) is 0 Å². The van der Waals surface area contributed by atoms with Gasteiger partial charge in [-0.3, -0.25) is 9.69 Å². The van der Waals surface area contributed by atoms with Gasteiger partial charge in [0.15, 0.2) is 0 Å². The van der Waals surface area contributed by atoms with E-state index in [4.69, 9.17) is 5.11 Å². The maximum atomic E-state index is 12.1. The average Bonchev–Trinajstić information content (AvgIpc) is 2.40. The first-order valence-corrected chi connectivity index (χ1v) is 6.69. The normalized spacial score (nSPS) is 10.8. The summed E-state index contributed by atoms with van der Waals surface area (Å²) in [5.41, 5.74) is 2.35. The number of nitrogens with zero attached hydrogens (tertiary/aromatic N) is 2. The van der Waals surface area contributed by atoms with Gasteiger partial charge in [-0.2, -0.15) is 0 Å². The van der Waals surface area contributed by atoms with Crippen LogP contribution in [0.1, 0.15) is 18.1 Å². The largest absolute Gasteiger partial charge is 0.395 e. The molecule has 106 valence electrons. The monoisotopic (exact) mass is 264 g/mol. The van der Waals surface area contributed by atoms with Gasteiger partial charge in [-0.25, -0.2) is 0 Å². The number of carbonyl (C=O) groups is 1. The number of rotatable bonds is 7. The molecule has 1 N–H and O–H groups in total. The first kappa shape index (κ1) is 15.7. The van der Waals surface area contributed by atoms with Crippen LogP contribution in [0.25, 0.3) is 0 Å². The molecule has 0 aliphatic rings. The number of hydrogen-bond donors (Lipinski definition) is 1. The van der Waals surface area contributed by atoms with E-state index in [1.165, 1.54) is 5.56 Å². The molecule has 0 saturated heterocycles. The van der Waals surface area contributed by atoms with Crippen molar-refractivity contribution in [3.05, 3.63) is 35.4 Å². The predicted molar refractivity (Wildman–Crippen MR) is 76.9 cm³/mol. The molecule has 0 fully saturated rings. The molecule has 0 radical (unpaired) electrons. The molecule has 4 heteroatoms. The number of benzene rings is 1. The smallest absolute Gasteiger partial charge is 0.236 e. The van der Waals surface area contributed by atoms with E-state index in [0.717, 1.165) is 12.1 Å². The van der Waals surface area contributed by atoms with Gasteiger partial charge in [0.1, 0.15) is 0 Å². The molecular weight excluding hydrogens is 240 g/mol. The maximum absolute atomic E-state index is 12.1. The van der Waals surface area contributed by atoms with Gasteiger partial charge in [-0.05, 0) is 19.0 Å². The fraction of sp³-hybridized carbons (Fsp3) is 0.533. The molecule has 1 rings (SSSR count). The summed E-state index contributed by atoms with van der Waals surface area (Å²) >= 11 is 0. The van der Waals surface area contributed by atoms with Crippen LogP contribution in [0.5, 0.6) is 0 Å². The Morgan fingerprint density at radius 3 is 2.42 bits per heavy atom. The first-order chi connectivity index (χ1) is 9.06. The van der Waals surface area contributed by atoms with E-state index in [9.17, 15) is 4.79 Å². The van der Waals surface area contributed by atoms with E-state index >= 15 is 0 Å². The van der Waals surface area contributed by atoms with E-state index in [-0.39, 0.29) is 12.5 Å². The Balaban J connectivity index is 2.50. The fourth-order valence-corrected chi connectivity index (χ4v) is 1.86. The van der Waals surface area contributed by atoms with E-state index in [1.807, 2.05) is 37.9 Å². The summed E-state index contributed by atoms with van der Waals surface area (Å²) in [5.74, 6) is 0.0795. The zero-order valence-corrected chi connectivity index (χ0v) is 12.1. The van der Waals surface area contributed by atoms with Crippen LogP contribution in [0.3, 0.4) is 0 Å². The van der Waals surface area contributed by atoms with E-state index in [2.05, 4.69) is 12.1 Å². The van der Waals surface area contributed by atoms with Gasteiger partial charge in [0.05, 0.1) is 13.2 Å². The van der Waals surface area contributed by atoms with Gasteiger partial charge in [-0.1, -0.05) is 36.8 Å². The molecule has 0 heterocycles. The second-order valence-electron chi connectivity index (χ2n) is 4.83. The summed E-state index contributed by atoms with van der Waals surface area (Å²) in [5, 5.41) is 8.91. The Labute approximate surface area is 115 Å². The van der Waals surface area contributed by atoms with Gasteiger partial charge in [-0.15, -0.1) is 0 Å². The molecule has 1 aromatic carbocycles. The van der Waals surface area contributed by atoms with Gasteiger partial charge in [0.25, 0.3) is 0 Å². The number of amides is 1. The molecule has 0 bridgehead atoms. The third-order valence-electron chi connectivity index (χ3n) is 3.19. The fourth-order valence-electron chi connectivity index (χ4n) is 1.86. The van der Waals surface area contributed by atoms with Crippen LogP contribution in [0.15, 0.2) is 24.3 Å². The lowest BCUT2D eigenvalue weighted by atomic mass is 10.1. The standard InChI is InChI=1S/C15H24N2O2/c1-4-17(9-10-18)12-15(19)16(3)11-14-7-5-13(2)6-8-14/h5-8,18H,4,9-12H2,1-3H3. The molecule has 0 spiro atoms. The third-order valence-corrected chi connectivity index (χ3v) is 3.19. The number of carbonyl (C=O) groups excluding carboxylic acids is 1. The highest BCUT2D eigenvalue weighted by molar-refractivity contribution is 5.78. The summed E-state index contributed by atoms with van der Waals surface area (Å²) in [4.78, 5) is 15.7. The van der Waals surface area contributed by atoms with Gasteiger partial charge >= 0.3 is 0 Å². The minimum atomic E-state index is 0.0795. The summed E-state index contributed by atoms with van der Waals surface area (Å²) in [6.45, 7) is 6.42. The van der Waals surface area contributed by atoms with Crippen LogP contribution >= 0.6 is 0 Å². The van der Waals surface area contributed by atoms with Gasteiger partial charge in [0, 0.05) is 20.1 Å². The van der Waals surface area contributed by atoms with Crippen LogP contribution in [0, 0.1) is 6.92 Å². The minimum absolute atomic E-state index is 0.0795. The van der Waals surface area contributed by atoms with Crippen LogP contribution in [-0.4, -0.2) is 54.1 Å². The lowest BCUT2D eigenvalue weighted by molar-refractivity contribution is -0.131. The molecule has 0 saturated carbocycles. The number of hydrogen-bond acceptors (Lipinski definition) is 3. The van der Waals surface area contributed by atoms with Crippen molar-refractivity contribution in [1.82, 2.24) is 9.80 Å². The molecule has 1 aromatic rings. The maximum Gasteiger partial charge on any atom is 0.236 e. The van der Waals surface area contributed by atoms with Crippen LogP contribution in [0.2, 0.25) is 0 Å². The highest BCUT2D eigenvalue weighted by Gasteiger charge is 2.13. The summed E-state index contributed by atoms with van der Waals surface area (Å²) in [7, 11) is 1.81. The second-order valence-corrected chi connectivity index (χ2v) is 4.83. The lowest BCUT2D eigenvalue weighted by Crippen LogP contribution is -2.39. The van der Waals surface area contributed by atoms with Gasteiger partial charge < -0.3 is 10.0 Å². The van der Waals surface area contributed by atoms with Crippen molar-refractivity contribution in [3.8, 4) is 0 Å². The predicted octanol–water partition coefficient (Wildman–Crippen LogP) is 1.27. The highest BCUT2D eigenvalue weighted by Crippen LogP contribution is 2.06. The molecule has 0 aromatic heterocycles. The van der Waals surface area contributed by atoms with Crippen LogP contribution in [-0.2, 0) is 11.3 Å². The zero-order chi connectivity index (χ0) is 14.3. The Morgan fingerprint density at radius 2 is 1.89 bits per heavy atom. The van der Waals surface area contributed by atoms with Crippen molar-refractivity contribution in [2.24, 2.45) is 0 Å². The van der Waals surface area contributed by atoms with Crippen LogP contribution < -0.4 is 0 Å². The molecule has 1 amide bonds. The summed E-state index contributed by atoms with van der Waals surface area (Å²) < 4.78 is 0. The number of aliphatic hydroxyl groups is 1. The quantitative estimate of drug-likeness (QED) is 0.806. The molecule has 0 aliphatic carbocycles. The van der Waals surface area contributed by atoms with Crippen molar-refractivity contribution < 1.29 is 9.90 Å². The Morgan fingerprint density at radius 1 is 1.26 bits per heavy atom. The third kappa shape index (κ3) is 5.41. The summed E-state index contributed by atoms with van der Waals surface area (Å²) in [6.07, 6.45) is 0. The Hall–Kier alpha value is -1.39. The SMILES string of the molecule is CCN(CCO)CC(=O)N(C)Cc1ccc(C)cc1. The minimum Gasteiger partial charge on any atom is -0.395 e. The Bertz CT molecular complexity index is 390. The van der Waals surface area contributed by atoms with E-state index in [1.54, 1.807) is 4.90 Å². The molecule has 0 atom stereocenters. The van der Waals surface area contributed by atoms with Crippen molar-refractivity contribution in [2.75, 3.05) is 33.3 Å². The zero-order valence-electron chi connectivity index (χ0n) is 12.1. The number of likely N-dealkylation sites (N-methyl/N-ethyl adjacent to an activating group) is 2.